The van der Waals surface area contributed by atoms with Gasteiger partial charge in [0.25, 0.3) is 0 Å². The maximum absolute atomic E-state index is 13.8. The zero-order valence-corrected chi connectivity index (χ0v) is 15.1. The second-order valence-electron chi connectivity index (χ2n) is 6.03. The summed E-state index contributed by atoms with van der Waals surface area (Å²) in [4.78, 5) is 13.9. The van der Waals surface area contributed by atoms with Crippen LogP contribution in [0.1, 0.15) is 5.56 Å². The molecule has 1 aliphatic heterocycles. The van der Waals surface area contributed by atoms with Gasteiger partial charge in [0, 0.05) is 31.7 Å². The van der Waals surface area contributed by atoms with Gasteiger partial charge in [0.1, 0.15) is 11.9 Å². The van der Waals surface area contributed by atoms with Crippen LogP contribution in [0.15, 0.2) is 42.5 Å². The van der Waals surface area contributed by atoms with E-state index < -0.39 is 11.9 Å². The van der Waals surface area contributed by atoms with E-state index in [1.807, 2.05) is 12.1 Å². The number of hydrogen-bond donors (Lipinski definition) is 1. The van der Waals surface area contributed by atoms with Crippen LogP contribution in [0.3, 0.4) is 0 Å². The monoisotopic (exact) mass is 378 g/mol. The third-order valence-corrected chi connectivity index (χ3v) is 4.38. The van der Waals surface area contributed by atoms with Crippen molar-refractivity contribution in [3.8, 4) is 11.5 Å². The Morgan fingerprint density at radius 2 is 2.12 bits per heavy atom. The first-order chi connectivity index (χ1) is 12.5. The third kappa shape index (κ3) is 4.72. The Bertz CT molecular complexity index is 770. The van der Waals surface area contributed by atoms with Gasteiger partial charge in [-0.2, -0.15) is 0 Å². The molecule has 1 amide bonds. The van der Waals surface area contributed by atoms with Crippen LogP contribution >= 0.6 is 11.6 Å². The molecule has 0 bridgehead atoms. The van der Waals surface area contributed by atoms with Gasteiger partial charge in [-0.25, -0.2) is 4.39 Å². The highest BCUT2D eigenvalue weighted by Crippen LogP contribution is 2.27. The van der Waals surface area contributed by atoms with Gasteiger partial charge in [0.2, 0.25) is 5.91 Å². The number of carbonyl (C=O) groups excluding carboxylic acids is 1. The molecule has 0 aliphatic carbocycles. The van der Waals surface area contributed by atoms with Crippen molar-refractivity contribution in [2.75, 3.05) is 26.7 Å². The van der Waals surface area contributed by atoms with E-state index in [0.717, 1.165) is 12.1 Å². The first-order valence-electron chi connectivity index (χ1n) is 8.32. The predicted octanol–water partition coefficient (Wildman–Crippen LogP) is 3.22. The summed E-state index contributed by atoms with van der Waals surface area (Å²) in [7, 11) is 1.60. The molecule has 2 aromatic rings. The molecule has 1 N–H and O–H groups in total. The normalized spacial score (nSPS) is 17.7. The quantitative estimate of drug-likeness (QED) is 0.868. The lowest BCUT2D eigenvalue weighted by Crippen LogP contribution is -2.48. The van der Waals surface area contributed by atoms with Crippen molar-refractivity contribution < 1.29 is 18.7 Å². The maximum atomic E-state index is 13.8. The van der Waals surface area contributed by atoms with Gasteiger partial charge in [-0.05, 0) is 35.9 Å². The second kappa shape index (κ2) is 8.49. The summed E-state index contributed by atoms with van der Waals surface area (Å²) < 4.78 is 24.8. The number of ether oxygens (including phenoxy) is 2. The molecule has 26 heavy (non-hydrogen) atoms. The van der Waals surface area contributed by atoms with Gasteiger partial charge in [-0.3, -0.25) is 9.69 Å². The lowest BCUT2D eigenvalue weighted by atomic mass is 10.1. The van der Waals surface area contributed by atoms with E-state index in [1.54, 1.807) is 25.2 Å². The minimum Gasteiger partial charge on any atom is -0.454 e. The maximum Gasteiger partial charge on any atom is 0.250 e. The zero-order chi connectivity index (χ0) is 18.5. The molecular formula is C19H20ClFN2O3. The van der Waals surface area contributed by atoms with E-state index >= 15 is 0 Å². The smallest absolute Gasteiger partial charge is 0.250 e. The fourth-order valence-electron chi connectivity index (χ4n) is 2.77. The number of nitrogens with one attached hydrogen (secondary N) is 1. The Labute approximate surface area is 156 Å². The summed E-state index contributed by atoms with van der Waals surface area (Å²) in [5.41, 5.74) is 1.08. The third-order valence-electron chi connectivity index (χ3n) is 4.14. The van der Waals surface area contributed by atoms with Crippen molar-refractivity contribution in [2.45, 2.75) is 12.6 Å². The van der Waals surface area contributed by atoms with Crippen LogP contribution in [0.4, 0.5) is 4.39 Å². The van der Waals surface area contributed by atoms with Crippen LogP contribution in [0.25, 0.3) is 0 Å². The highest BCUT2D eigenvalue weighted by molar-refractivity contribution is 6.30. The van der Waals surface area contributed by atoms with Crippen LogP contribution in [0.2, 0.25) is 5.02 Å². The Hall–Kier alpha value is -2.15. The van der Waals surface area contributed by atoms with Crippen molar-refractivity contribution in [3.63, 3.8) is 0 Å². The predicted molar refractivity (Wildman–Crippen MR) is 97.0 cm³/mol. The summed E-state index contributed by atoms with van der Waals surface area (Å²) in [5.74, 6) is 0.0579. The topological polar surface area (TPSA) is 50.8 Å². The Balaban J connectivity index is 1.60. The number of morpholine rings is 1. The van der Waals surface area contributed by atoms with Crippen LogP contribution in [-0.4, -0.2) is 43.7 Å². The first kappa shape index (κ1) is 18.6. The standard InChI is InChI=1S/C19H20ClFN2O3/c1-22-19(24)18-12-23(8-9-25-18)11-13-2-5-15(6-3-13)26-17-7-4-14(20)10-16(17)21/h2-7,10,18H,8-9,11-12H2,1H3,(H,22,24)/t18-/m0/s1. The van der Waals surface area contributed by atoms with E-state index in [0.29, 0.717) is 30.5 Å². The zero-order valence-electron chi connectivity index (χ0n) is 14.4. The molecule has 3 rings (SSSR count). The molecule has 1 heterocycles. The molecule has 1 saturated heterocycles. The molecular weight excluding hydrogens is 359 g/mol. The molecule has 0 aromatic heterocycles. The molecule has 0 saturated carbocycles. The summed E-state index contributed by atoms with van der Waals surface area (Å²) in [6, 6.07) is 11.7. The molecule has 2 aromatic carbocycles. The molecule has 1 fully saturated rings. The van der Waals surface area contributed by atoms with Gasteiger partial charge < -0.3 is 14.8 Å². The largest absolute Gasteiger partial charge is 0.454 e. The Morgan fingerprint density at radius 1 is 1.35 bits per heavy atom. The van der Waals surface area contributed by atoms with Crippen molar-refractivity contribution >= 4 is 17.5 Å². The summed E-state index contributed by atoms with van der Waals surface area (Å²) in [5, 5.41) is 2.94. The van der Waals surface area contributed by atoms with Crippen molar-refractivity contribution in [1.29, 1.82) is 0 Å². The number of carbonyl (C=O) groups is 1. The fraction of sp³-hybridized carbons (Fsp3) is 0.316. The molecule has 1 atom stereocenters. The van der Waals surface area contributed by atoms with Gasteiger partial charge in [-0.15, -0.1) is 0 Å². The minimum absolute atomic E-state index is 0.108. The lowest BCUT2D eigenvalue weighted by Gasteiger charge is -2.31. The molecule has 0 spiro atoms. The van der Waals surface area contributed by atoms with E-state index in [4.69, 9.17) is 21.1 Å². The average Bonchev–Trinajstić information content (AvgIpc) is 2.65. The Morgan fingerprint density at radius 3 is 2.81 bits per heavy atom. The van der Waals surface area contributed by atoms with E-state index in [2.05, 4.69) is 10.2 Å². The van der Waals surface area contributed by atoms with Gasteiger partial charge in [-0.1, -0.05) is 23.7 Å². The highest BCUT2D eigenvalue weighted by atomic mass is 35.5. The number of likely N-dealkylation sites (N-methyl/N-ethyl adjacent to an activating group) is 1. The van der Waals surface area contributed by atoms with E-state index in [1.165, 1.54) is 12.1 Å². The van der Waals surface area contributed by atoms with Crippen LogP contribution in [0.5, 0.6) is 11.5 Å². The molecule has 138 valence electrons. The highest BCUT2D eigenvalue weighted by Gasteiger charge is 2.25. The number of hydrogen-bond acceptors (Lipinski definition) is 4. The first-order valence-corrected chi connectivity index (χ1v) is 8.70. The van der Waals surface area contributed by atoms with Gasteiger partial charge in [0.05, 0.1) is 6.61 Å². The van der Waals surface area contributed by atoms with Gasteiger partial charge in [0.15, 0.2) is 11.6 Å². The second-order valence-corrected chi connectivity index (χ2v) is 6.47. The molecule has 0 radical (unpaired) electrons. The average molecular weight is 379 g/mol. The lowest BCUT2D eigenvalue weighted by molar-refractivity contribution is -0.138. The SMILES string of the molecule is CNC(=O)[C@@H]1CN(Cc2ccc(Oc3ccc(Cl)cc3F)cc2)CCO1. The fourth-order valence-corrected chi connectivity index (χ4v) is 2.93. The molecule has 7 heteroatoms. The van der Waals surface area contributed by atoms with Crippen LogP contribution in [-0.2, 0) is 16.1 Å². The number of rotatable bonds is 5. The number of amides is 1. The van der Waals surface area contributed by atoms with Crippen molar-refractivity contribution in [3.05, 3.63) is 58.9 Å². The van der Waals surface area contributed by atoms with Crippen molar-refractivity contribution in [2.24, 2.45) is 0 Å². The van der Waals surface area contributed by atoms with Crippen LogP contribution < -0.4 is 10.1 Å². The molecule has 0 unspecified atom stereocenters. The minimum atomic E-state index is -0.505. The summed E-state index contributed by atoms with van der Waals surface area (Å²) in [6.07, 6.45) is -0.441. The van der Waals surface area contributed by atoms with Crippen molar-refractivity contribution in [1.82, 2.24) is 10.2 Å². The number of benzene rings is 2. The summed E-state index contributed by atoms with van der Waals surface area (Å²) in [6.45, 7) is 2.54. The number of halogens is 2. The molecule has 1 aliphatic rings. The molecule has 5 nitrogen and oxygen atoms in total. The van der Waals surface area contributed by atoms with E-state index in [9.17, 15) is 9.18 Å². The Kier molecular flexibility index (Phi) is 6.08. The van der Waals surface area contributed by atoms with Crippen LogP contribution in [0, 0.1) is 5.82 Å². The van der Waals surface area contributed by atoms with E-state index in [-0.39, 0.29) is 11.7 Å². The summed E-state index contributed by atoms with van der Waals surface area (Å²) >= 11 is 5.74. The van der Waals surface area contributed by atoms with Gasteiger partial charge >= 0.3 is 0 Å². The number of nitrogens with zero attached hydrogens (tertiary/aromatic N) is 1.